The zero-order valence-electron chi connectivity index (χ0n) is 14.1. The molecule has 1 N–H and O–H groups in total. The topological polar surface area (TPSA) is 32.3 Å². The van der Waals surface area contributed by atoms with Crippen molar-refractivity contribution in [1.29, 1.82) is 0 Å². The third-order valence-electron chi connectivity index (χ3n) is 5.99. The van der Waals surface area contributed by atoms with Gasteiger partial charge in [0.05, 0.1) is 6.54 Å². The van der Waals surface area contributed by atoms with Gasteiger partial charge < -0.3 is 5.32 Å². The number of nitrogens with one attached hydrogen (secondary N) is 1. The molecule has 0 radical (unpaired) electrons. The van der Waals surface area contributed by atoms with Crippen molar-refractivity contribution in [1.82, 2.24) is 10.2 Å². The molecule has 2 heterocycles. The van der Waals surface area contributed by atoms with Gasteiger partial charge in [0.25, 0.3) is 0 Å². The number of amides is 1. The van der Waals surface area contributed by atoms with Crippen LogP contribution >= 0.6 is 11.3 Å². The second kappa shape index (κ2) is 6.56. The van der Waals surface area contributed by atoms with Crippen LogP contribution in [0.4, 0.5) is 0 Å². The molecular formula is C19H28N2OS. The second-order valence-electron chi connectivity index (χ2n) is 7.74. The molecule has 3 aliphatic rings. The SMILES string of the molecule is C[C@H]1CCCC[C@H]1NC(=O)CN1CCc2sccc2[C@@H]1C1CC1. The summed E-state index contributed by atoms with van der Waals surface area (Å²) in [5, 5.41) is 5.57. The van der Waals surface area contributed by atoms with Gasteiger partial charge in [-0.15, -0.1) is 11.3 Å². The molecule has 0 saturated heterocycles. The van der Waals surface area contributed by atoms with Gasteiger partial charge in [-0.1, -0.05) is 19.8 Å². The summed E-state index contributed by atoms with van der Waals surface area (Å²) in [6, 6.07) is 3.20. The predicted octanol–water partition coefficient (Wildman–Crippen LogP) is 3.75. The fraction of sp³-hybridized carbons (Fsp3) is 0.737. The van der Waals surface area contributed by atoms with E-state index in [9.17, 15) is 4.79 Å². The summed E-state index contributed by atoms with van der Waals surface area (Å²) in [6.07, 6.45) is 8.79. The van der Waals surface area contributed by atoms with Crippen molar-refractivity contribution in [2.75, 3.05) is 13.1 Å². The quantitative estimate of drug-likeness (QED) is 0.911. The van der Waals surface area contributed by atoms with Crippen LogP contribution in [0.1, 0.15) is 61.9 Å². The van der Waals surface area contributed by atoms with Crippen molar-refractivity contribution in [2.45, 2.75) is 64.0 Å². The van der Waals surface area contributed by atoms with Gasteiger partial charge in [0.2, 0.25) is 5.91 Å². The third-order valence-corrected chi connectivity index (χ3v) is 6.99. The minimum Gasteiger partial charge on any atom is -0.352 e. The second-order valence-corrected chi connectivity index (χ2v) is 8.74. The summed E-state index contributed by atoms with van der Waals surface area (Å²) in [7, 11) is 0. The molecular weight excluding hydrogens is 304 g/mol. The Balaban J connectivity index is 1.40. The van der Waals surface area contributed by atoms with Gasteiger partial charge >= 0.3 is 0 Å². The first-order valence-corrected chi connectivity index (χ1v) is 10.2. The Hall–Kier alpha value is -0.870. The lowest BCUT2D eigenvalue weighted by Crippen LogP contribution is -2.47. The molecule has 4 rings (SSSR count). The van der Waals surface area contributed by atoms with E-state index in [1.807, 2.05) is 11.3 Å². The highest BCUT2D eigenvalue weighted by Crippen LogP contribution is 2.48. The van der Waals surface area contributed by atoms with Gasteiger partial charge in [-0.05, 0) is 60.9 Å². The first-order valence-electron chi connectivity index (χ1n) is 9.32. The summed E-state index contributed by atoms with van der Waals surface area (Å²) in [4.78, 5) is 16.6. The molecule has 126 valence electrons. The number of carbonyl (C=O) groups is 1. The van der Waals surface area contributed by atoms with E-state index in [0.717, 1.165) is 25.3 Å². The van der Waals surface area contributed by atoms with E-state index >= 15 is 0 Å². The van der Waals surface area contributed by atoms with Crippen molar-refractivity contribution in [3.05, 3.63) is 21.9 Å². The lowest BCUT2D eigenvalue weighted by molar-refractivity contribution is -0.124. The Morgan fingerprint density at radius 3 is 2.91 bits per heavy atom. The van der Waals surface area contributed by atoms with E-state index in [-0.39, 0.29) is 5.91 Å². The maximum Gasteiger partial charge on any atom is 0.234 e. The molecule has 23 heavy (non-hydrogen) atoms. The highest BCUT2D eigenvalue weighted by atomic mass is 32.1. The van der Waals surface area contributed by atoms with Crippen LogP contribution in [0, 0.1) is 11.8 Å². The monoisotopic (exact) mass is 332 g/mol. The Bertz CT molecular complexity index is 565. The predicted molar refractivity (Wildman–Crippen MR) is 94.6 cm³/mol. The van der Waals surface area contributed by atoms with Crippen LogP contribution in [0.3, 0.4) is 0 Å². The van der Waals surface area contributed by atoms with Crippen molar-refractivity contribution >= 4 is 17.2 Å². The minimum absolute atomic E-state index is 0.244. The molecule has 1 aliphatic heterocycles. The molecule has 0 spiro atoms. The molecule has 1 amide bonds. The van der Waals surface area contributed by atoms with Crippen LogP contribution in [0.15, 0.2) is 11.4 Å². The summed E-state index contributed by atoms with van der Waals surface area (Å²) in [5.41, 5.74) is 1.52. The molecule has 2 saturated carbocycles. The Morgan fingerprint density at radius 2 is 2.13 bits per heavy atom. The van der Waals surface area contributed by atoms with E-state index in [1.54, 1.807) is 4.88 Å². The highest BCUT2D eigenvalue weighted by Gasteiger charge is 2.40. The van der Waals surface area contributed by atoms with Crippen LogP contribution < -0.4 is 5.32 Å². The summed E-state index contributed by atoms with van der Waals surface area (Å²) >= 11 is 1.90. The lowest BCUT2D eigenvalue weighted by atomic mass is 9.86. The minimum atomic E-state index is 0.244. The van der Waals surface area contributed by atoms with Gasteiger partial charge in [-0.25, -0.2) is 0 Å². The molecule has 0 bridgehead atoms. The number of carbonyl (C=O) groups excluding carboxylic acids is 1. The van der Waals surface area contributed by atoms with E-state index in [1.165, 1.54) is 37.7 Å². The number of hydrogen-bond acceptors (Lipinski definition) is 3. The maximum atomic E-state index is 12.6. The molecule has 3 atom stereocenters. The Morgan fingerprint density at radius 1 is 1.30 bits per heavy atom. The normalized spacial score (nSPS) is 31.6. The van der Waals surface area contributed by atoms with Crippen molar-refractivity contribution in [2.24, 2.45) is 11.8 Å². The average molecular weight is 333 g/mol. The maximum absolute atomic E-state index is 12.6. The fourth-order valence-electron chi connectivity index (χ4n) is 4.51. The molecule has 0 aromatic carbocycles. The van der Waals surface area contributed by atoms with E-state index in [0.29, 0.717) is 24.5 Å². The van der Waals surface area contributed by atoms with Crippen molar-refractivity contribution in [3.8, 4) is 0 Å². The van der Waals surface area contributed by atoms with Crippen LogP contribution in [-0.2, 0) is 11.2 Å². The summed E-state index contributed by atoms with van der Waals surface area (Å²) < 4.78 is 0. The number of hydrogen-bond donors (Lipinski definition) is 1. The van der Waals surface area contributed by atoms with Crippen LogP contribution in [0.25, 0.3) is 0 Å². The lowest BCUT2D eigenvalue weighted by Gasteiger charge is -2.36. The van der Waals surface area contributed by atoms with Crippen molar-refractivity contribution in [3.63, 3.8) is 0 Å². The molecule has 3 nitrogen and oxygen atoms in total. The zero-order valence-corrected chi connectivity index (χ0v) is 14.9. The van der Waals surface area contributed by atoms with Gasteiger partial charge in [0.1, 0.15) is 0 Å². The van der Waals surface area contributed by atoms with Gasteiger partial charge in [-0.2, -0.15) is 0 Å². The average Bonchev–Trinajstić information content (AvgIpc) is 3.26. The molecule has 2 fully saturated rings. The zero-order chi connectivity index (χ0) is 15.8. The first kappa shape index (κ1) is 15.6. The number of thiophene rings is 1. The fourth-order valence-corrected chi connectivity index (χ4v) is 5.42. The molecule has 4 heteroatoms. The van der Waals surface area contributed by atoms with Crippen molar-refractivity contribution < 1.29 is 4.79 Å². The molecule has 1 aromatic rings. The largest absolute Gasteiger partial charge is 0.352 e. The molecule has 2 aliphatic carbocycles. The van der Waals surface area contributed by atoms with Crippen LogP contribution in [-0.4, -0.2) is 29.9 Å². The van der Waals surface area contributed by atoms with E-state index < -0.39 is 0 Å². The van der Waals surface area contributed by atoms with Gasteiger partial charge in [0, 0.05) is 23.5 Å². The number of fused-ring (bicyclic) bond motifs is 1. The number of rotatable bonds is 4. The van der Waals surface area contributed by atoms with Crippen LogP contribution in [0.5, 0.6) is 0 Å². The summed E-state index contributed by atoms with van der Waals surface area (Å²) in [6.45, 7) is 3.91. The smallest absolute Gasteiger partial charge is 0.234 e. The van der Waals surface area contributed by atoms with Gasteiger partial charge in [0.15, 0.2) is 0 Å². The Labute approximate surface area is 143 Å². The third kappa shape index (κ3) is 3.34. The highest BCUT2D eigenvalue weighted by molar-refractivity contribution is 7.10. The molecule has 1 aromatic heterocycles. The summed E-state index contributed by atoms with van der Waals surface area (Å²) in [5.74, 6) is 1.66. The molecule has 0 unspecified atom stereocenters. The van der Waals surface area contributed by atoms with Gasteiger partial charge in [-0.3, -0.25) is 9.69 Å². The van der Waals surface area contributed by atoms with E-state index in [2.05, 4.69) is 28.6 Å². The standard InChI is InChI=1S/C19H28N2OS/c1-13-4-2-3-5-16(13)20-18(22)12-21-10-8-17-15(9-11-23-17)19(21)14-6-7-14/h9,11,13-14,16,19H,2-8,10,12H2,1H3,(H,20,22)/t13-,16+,19-/m0/s1. The first-order chi connectivity index (χ1) is 11.2. The Kier molecular flexibility index (Phi) is 4.46. The van der Waals surface area contributed by atoms with Crippen LogP contribution in [0.2, 0.25) is 0 Å². The van der Waals surface area contributed by atoms with E-state index in [4.69, 9.17) is 0 Å². The number of nitrogens with zero attached hydrogens (tertiary/aromatic N) is 1.